The Labute approximate surface area is 130 Å². The first-order valence-corrected chi connectivity index (χ1v) is 7.89. The number of aryl methyl sites for hydroxylation is 2. The second-order valence-electron chi connectivity index (χ2n) is 4.80. The van der Waals surface area contributed by atoms with E-state index in [2.05, 4.69) is 53.1 Å². The van der Waals surface area contributed by atoms with Crippen LogP contribution in [0.25, 0.3) is 16.3 Å². The third-order valence-electron chi connectivity index (χ3n) is 3.14. The molecule has 0 fully saturated rings. The van der Waals surface area contributed by atoms with Crippen molar-refractivity contribution in [1.82, 2.24) is 9.78 Å². The minimum absolute atomic E-state index is 0.694. The summed E-state index contributed by atoms with van der Waals surface area (Å²) in [5, 5.41) is 6.67. The lowest BCUT2D eigenvalue weighted by Gasteiger charge is -2.06. The molecule has 0 saturated heterocycles. The van der Waals surface area contributed by atoms with E-state index in [1.807, 2.05) is 22.3 Å². The molecule has 1 aromatic carbocycles. The lowest BCUT2D eigenvalue weighted by molar-refractivity contribution is 0.876. The van der Waals surface area contributed by atoms with Crippen LogP contribution in [0.4, 0.5) is 5.69 Å². The van der Waals surface area contributed by atoms with Crippen LogP contribution in [0, 0.1) is 13.8 Å². The molecule has 0 unspecified atom stereocenters. The van der Waals surface area contributed by atoms with Crippen molar-refractivity contribution >= 4 is 33.0 Å². The van der Waals surface area contributed by atoms with Crippen LogP contribution >= 0.6 is 27.3 Å². The van der Waals surface area contributed by atoms with E-state index in [4.69, 9.17) is 5.73 Å². The average Bonchev–Trinajstić information content (AvgIpc) is 2.95. The van der Waals surface area contributed by atoms with E-state index in [1.54, 1.807) is 11.3 Å². The topological polar surface area (TPSA) is 43.8 Å². The molecule has 0 amide bonds. The van der Waals surface area contributed by atoms with Gasteiger partial charge >= 0.3 is 0 Å². The molecule has 0 bridgehead atoms. The summed E-state index contributed by atoms with van der Waals surface area (Å²) in [5.74, 6) is 0. The van der Waals surface area contributed by atoms with Gasteiger partial charge in [-0.25, -0.2) is 4.68 Å². The number of nitrogen functional groups attached to an aromatic ring is 1. The Kier molecular flexibility index (Phi) is 3.40. The average molecular weight is 348 g/mol. The van der Waals surface area contributed by atoms with E-state index in [0.29, 0.717) is 5.69 Å². The summed E-state index contributed by atoms with van der Waals surface area (Å²) in [6.45, 7) is 4.17. The lowest BCUT2D eigenvalue weighted by Crippen LogP contribution is -1.98. The van der Waals surface area contributed by atoms with Crippen LogP contribution in [-0.2, 0) is 0 Å². The Bertz CT molecular complexity index is 773. The third-order valence-corrected chi connectivity index (χ3v) is 4.84. The zero-order valence-electron chi connectivity index (χ0n) is 11.2. The first-order valence-electron chi connectivity index (χ1n) is 6.22. The van der Waals surface area contributed by atoms with Gasteiger partial charge in [-0.05, 0) is 47.5 Å². The summed E-state index contributed by atoms with van der Waals surface area (Å²) in [7, 11) is 0. The lowest BCUT2D eigenvalue weighted by atomic mass is 10.1. The van der Waals surface area contributed by atoms with Crippen LogP contribution < -0.4 is 5.73 Å². The van der Waals surface area contributed by atoms with Crippen molar-refractivity contribution in [3.8, 4) is 16.3 Å². The van der Waals surface area contributed by atoms with E-state index in [-0.39, 0.29) is 0 Å². The van der Waals surface area contributed by atoms with Gasteiger partial charge in [-0.2, -0.15) is 5.10 Å². The summed E-state index contributed by atoms with van der Waals surface area (Å²) in [5.41, 5.74) is 11.1. The highest BCUT2D eigenvalue weighted by Crippen LogP contribution is 2.33. The summed E-state index contributed by atoms with van der Waals surface area (Å²) in [6.07, 6.45) is 1.88. The van der Waals surface area contributed by atoms with Gasteiger partial charge in [0, 0.05) is 9.85 Å². The summed E-state index contributed by atoms with van der Waals surface area (Å²) in [6, 6.07) is 8.34. The molecule has 5 heteroatoms. The van der Waals surface area contributed by atoms with Crippen LogP contribution in [-0.4, -0.2) is 9.78 Å². The molecule has 2 N–H and O–H groups in total. The summed E-state index contributed by atoms with van der Waals surface area (Å²) in [4.78, 5) is 1.07. The maximum absolute atomic E-state index is 6.11. The molecule has 3 aromatic rings. The van der Waals surface area contributed by atoms with Gasteiger partial charge in [0.2, 0.25) is 0 Å². The number of halogens is 1. The Morgan fingerprint density at radius 2 is 2.05 bits per heavy atom. The van der Waals surface area contributed by atoms with Gasteiger partial charge in [0.15, 0.2) is 0 Å². The van der Waals surface area contributed by atoms with Crippen LogP contribution in [0.1, 0.15) is 11.1 Å². The highest BCUT2D eigenvalue weighted by Gasteiger charge is 2.12. The van der Waals surface area contributed by atoms with Gasteiger partial charge in [-0.15, -0.1) is 11.3 Å². The minimum atomic E-state index is 0.694. The number of hydrogen-bond donors (Lipinski definition) is 1. The van der Waals surface area contributed by atoms with Crippen molar-refractivity contribution in [2.24, 2.45) is 0 Å². The van der Waals surface area contributed by atoms with Gasteiger partial charge in [-0.1, -0.05) is 17.7 Å². The van der Waals surface area contributed by atoms with E-state index in [9.17, 15) is 0 Å². The summed E-state index contributed by atoms with van der Waals surface area (Å²) >= 11 is 5.09. The van der Waals surface area contributed by atoms with Gasteiger partial charge < -0.3 is 5.73 Å². The second-order valence-corrected chi connectivity index (χ2v) is 6.62. The van der Waals surface area contributed by atoms with Crippen molar-refractivity contribution in [3.05, 3.63) is 51.4 Å². The van der Waals surface area contributed by atoms with Crippen LogP contribution in [0.2, 0.25) is 0 Å². The number of anilines is 1. The molecule has 0 spiro atoms. The third kappa shape index (κ3) is 2.39. The fourth-order valence-electron chi connectivity index (χ4n) is 2.20. The predicted molar refractivity (Wildman–Crippen MR) is 88.5 cm³/mol. The van der Waals surface area contributed by atoms with E-state index in [0.717, 1.165) is 20.7 Å². The molecular weight excluding hydrogens is 334 g/mol. The second kappa shape index (κ2) is 5.07. The number of thiophene rings is 1. The highest BCUT2D eigenvalue weighted by molar-refractivity contribution is 9.10. The molecule has 0 aliphatic rings. The van der Waals surface area contributed by atoms with Crippen molar-refractivity contribution in [1.29, 1.82) is 0 Å². The van der Waals surface area contributed by atoms with E-state index >= 15 is 0 Å². The Hall–Kier alpha value is -1.59. The molecule has 2 aromatic heterocycles. The number of rotatable bonds is 2. The van der Waals surface area contributed by atoms with E-state index < -0.39 is 0 Å². The molecule has 102 valence electrons. The van der Waals surface area contributed by atoms with Crippen LogP contribution in [0.5, 0.6) is 0 Å². The number of nitrogens with two attached hydrogens (primary N) is 1. The molecule has 0 radical (unpaired) electrons. The number of hydrogen-bond acceptors (Lipinski definition) is 3. The molecule has 2 heterocycles. The van der Waals surface area contributed by atoms with Crippen molar-refractivity contribution in [2.75, 3.05) is 5.73 Å². The molecule has 20 heavy (non-hydrogen) atoms. The van der Waals surface area contributed by atoms with Gasteiger partial charge in [0.05, 0.1) is 22.4 Å². The Morgan fingerprint density at radius 1 is 1.25 bits per heavy atom. The quantitative estimate of drug-likeness (QED) is 0.738. The maximum atomic E-state index is 6.11. The molecule has 0 aliphatic carbocycles. The van der Waals surface area contributed by atoms with Crippen molar-refractivity contribution < 1.29 is 0 Å². The zero-order chi connectivity index (χ0) is 14.3. The number of nitrogens with zero attached hydrogens (tertiary/aromatic N) is 2. The van der Waals surface area contributed by atoms with E-state index in [1.165, 1.54) is 11.1 Å². The van der Waals surface area contributed by atoms with Gasteiger partial charge in [-0.3, -0.25) is 0 Å². The molecule has 0 saturated carbocycles. The zero-order valence-corrected chi connectivity index (χ0v) is 13.6. The largest absolute Gasteiger partial charge is 0.396 e. The van der Waals surface area contributed by atoms with Gasteiger partial charge in [0.1, 0.15) is 5.69 Å². The fraction of sp³-hybridized carbons (Fsp3) is 0.133. The minimum Gasteiger partial charge on any atom is -0.396 e. The van der Waals surface area contributed by atoms with Crippen molar-refractivity contribution in [2.45, 2.75) is 13.8 Å². The van der Waals surface area contributed by atoms with Crippen molar-refractivity contribution in [3.63, 3.8) is 0 Å². The standard InChI is InChI=1S/C15H14BrN3S/c1-9-3-4-13(10(2)5-9)19-7-12(17)15(18-19)14-6-11(16)8-20-14/h3-8H,17H2,1-2H3. The molecule has 0 aliphatic heterocycles. The Balaban J connectivity index is 2.08. The smallest absolute Gasteiger partial charge is 0.126 e. The monoisotopic (exact) mass is 347 g/mol. The molecule has 3 rings (SSSR count). The number of benzene rings is 1. The molecule has 0 atom stereocenters. The molecule has 3 nitrogen and oxygen atoms in total. The predicted octanol–water partition coefficient (Wildman–Crippen LogP) is 4.56. The van der Waals surface area contributed by atoms with Gasteiger partial charge in [0.25, 0.3) is 0 Å². The first kappa shape index (κ1) is 13.4. The van der Waals surface area contributed by atoms with Crippen LogP contribution in [0.15, 0.2) is 40.3 Å². The number of aromatic nitrogens is 2. The fourth-order valence-corrected chi connectivity index (χ4v) is 3.64. The summed E-state index contributed by atoms with van der Waals surface area (Å²) < 4.78 is 2.91. The SMILES string of the molecule is Cc1ccc(-n2cc(N)c(-c3cc(Br)cs3)n2)c(C)c1. The molecular formula is C15H14BrN3S. The normalized spacial score (nSPS) is 10.9. The maximum Gasteiger partial charge on any atom is 0.126 e. The first-order chi connectivity index (χ1) is 9.54. The Morgan fingerprint density at radius 3 is 2.70 bits per heavy atom. The highest BCUT2D eigenvalue weighted by atomic mass is 79.9. The van der Waals surface area contributed by atoms with Crippen LogP contribution in [0.3, 0.4) is 0 Å².